The maximum atomic E-state index is 13.0. The number of rotatable bonds is 5. The Balaban J connectivity index is 2.55. The third-order valence-corrected chi connectivity index (χ3v) is 2.71. The van der Waals surface area contributed by atoms with E-state index in [1.807, 2.05) is 6.07 Å². The molecule has 0 spiro atoms. The lowest BCUT2D eigenvalue weighted by atomic mass is 10.0. The molecule has 2 atom stereocenters. The summed E-state index contributed by atoms with van der Waals surface area (Å²) in [6.45, 7) is 8.68. The monoisotopic (exact) mass is 223 g/mol. The summed E-state index contributed by atoms with van der Waals surface area (Å²) in [5.41, 5.74) is 1.01. The zero-order chi connectivity index (χ0) is 12.1. The van der Waals surface area contributed by atoms with E-state index in [-0.39, 0.29) is 11.9 Å². The van der Waals surface area contributed by atoms with E-state index >= 15 is 0 Å². The number of hydrogen-bond acceptors (Lipinski definition) is 1. The topological polar surface area (TPSA) is 12.0 Å². The summed E-state index contributed by atoms with van der Waals surface area (Å²) in [6, 6.07) is 7.45. The molecule has 0 heterocycles. The smallest absolute Gasteiger partial charge is 0.123 e. The summed E-state index contributed by atoms with van der Waals surface area (Å²) < 4.78 is 13.0. The van der Waals surface area contributed by atoms with E-state index in [0.717, 1.165) is 12.0 Å². The number of benzene rings is 1. The van der Waals surface area contributed by atoms with E-state index in [1.165, 1.54) is 6.07 Å². The highest BCUT2D eigenvalue weighted by Crippen LogP contribution is 2.15. The second kappa shape index (κ2) is 6.00. The molecular weight excluding hydrogens is 201 g/mol. The SMILES string of the molecule is CC(C)CC(C)N[C@H](C)c1cccc(F)c1. The average Bonchev–Trinajstić information content (AvgIpc) is 2.16. The first kappa shape index (κ1) is 13.2. The van der Waals surface area contributed by atoms with Crippen molar-refractivity contribution in [3.8, 4) is 0 Å². The third-order valence-electron chi connectivity index (χ3n) is 2.71. The van der Waals surface area contributed by atoms with Crippen LogP contribution in [0.1, 0.15) is 45.7 Å². The van der Waals surface area contributed by atoms with Crippen molar-refractivity contribution in [1.29, 1.82) is 0 Å². The molecule has 0 aliphatic rings. The van der Waals surface area contributed by atoms with Gasteiger partial charge in [0.25, 0.3) is 0 Å². The highest BCUT2D eigenvalue weighted by atomic mass is 19.1. The molecule has 1 rings (SSSR count). The van der Waals surface area contributed by atoms with Crippen molar-refractivity contribution >= 4 is 0 Å². The molecule has 1 aromatic rings. The van der Waals surface area contributed by atoms with Gasteiger partial charge in [-0.25, -0.2) is 4.39 Å². The molecule has 0 saturated heterocycles. The molecule has 0 saturated carbocycles. The Morgan fingerprint density at radius 1 is 1.19 bits per heavy atom. The lowest BCUT2D eigenvalue weighted by Crippen LogP contribution is -2.30. The molecule has 0 aliphatic heterocycles. The van der Waals surface area contributed by atoms with Crippen LogP contribution in [0.5, 0.6) is 0 Å². The quantitative estimate of drug-likeness (QED) is 0.798. The molecule has 16 heavy (non-hydrogen) atoms. The van der Waals surface area contributed by atoms with Crippen LogP contribution in [-0.4, -0.2) is 6.04 Å². The van der Waals surface area contributed by atoms with Crippen LogP contribution < -0.4 is 5.32 Å². The summed E-state index contributed by atoms with van der Waals surface area (Å²) in [7, 11) is 0. The first-order chi connectivity index (χ1) is 7.49. The van der Waals surface area contributed by atoms with Crippen molar-refractivity contribution in [2.75, 3.05) is 0 Å². The van der Waals surface area contributed by atoms with E-state index in [4.69, 9.17) is 0 Å². The van der Waals surface area contributed by atoms with E-state index in [2.05, 4.69) is 33.0 Å². The molecule has 1 aromatic carbocycles. The summed E-state index contributed by atoms with van der Waals surface area (Å²) in [5.74, 6) is 0.518. The maximum absolute atomic E-state index is 13.0. The Kier molecular flexibility index (Phi) is 4.94. The molecule has 1 nitrogen and oxygen atoms in total. The van der Waals surface area contributed by atoms with Gasteiger partial charge in [0.15, 0.2) is 0 Å². The molecule has 0 aliphatic carbocycles. The summed E-state index contributed by atoms with van der Waals surface area (Å²) >= 11 is 0. The van der Waals surface area contributed by atoms with Gasteiger partial charge in [-0.15, -0.1) is 0 Å². The van der Waals surface area contributed by atoms with Crippen LogP contribution in [0.3, 0.4) is 0 Å². The molecule has 0 bridgehead atoms. The average molecular weight is 223 g/mol. The van der Waals surface area contributed by atoms with Gasteiger partial charge in [0, 0.05) is 12.1 Å². The summed E-state index contributed by atoms with van der Waals surface area (Å²) in [4.78, 5) is 0. The largest absolute Gasteiger partial charge is 0.308 e. The van der Waals surface area contributed by atoms with Crippen molar-refractivity contribution in [1.82, 2.24) is 5.32 Å². The highest BCUT2D eigenvalue weighted by Gasteiger charge is 2.10. The summed E-state index contributed by atoms with van der Waals surface area (Å²) in [6.07, 6.45) is 1.14. The van der Waals surface area contributed by atoms with E-state index in [1.54, 1.807) is 12.1 Å². The Morgan fingerprint density at radius 3 is 2.44 bits per heavy atom. The molecule has 0 amide bonds. The lowest BCUT2D eigenvalue weighted by molar-refractivity contribution is 0.406. The predicted molar refractivity (Wildman–Crippen MR) is 66.9 cm³/mol. The fourth-order valence-electron chi connectivity index (χ4n) is 2.07. The van der Waals surface area contributed by atoms with Crippen LogP contribution in [0.2, 0.25) is 0 Å². The zero-order valence-electron chi connectivity index (χ0n) is 10.6. The normalized spacial score (nSPS) is 15.1. The number of halogens is 1. The molecule has 90 valence electrons. The molecule has 0 fully saturated rings. The first-order valence-electron chi connectivity index (χ1n) is 6.00. The molecule has 0 radical (unpaired) electrons. The predicted octanol–water partition coefficient (Wildman–Crippen LogP) is 3.91. The van der Waals surface area contributed by atoms with Gasteiger partial charge in [0.05, 0.1) is 0 Å². The maximum Gasteiger partial charge on any atom is 0.123 e. The Bertz CT molecular complexity index is 322. The first-order valence-corrected chi connectivity index (χ1v) is 6.00. The van der Waals surface area contributed by atoms with Gasteiger partial charge in [0.2, 0.25) is 0 Å². The van der Waals surface area contributed by atoms with Gasteiger partial charge in [0.1, 0.15) is 5.82 Å². The minimum atomic E-state index is -0.164. The van der Waals surface area contributed by atoms with Crippen LogP contribution in [0.25, 0.3) is 0 Å². The molecular formula is C14H22FN. The second-order valence-electron chi connectivity index (χ2n) is 4.97. The van der Waals surface area contributed by atoms with Gasteiger partial charge in [-0.2, -0.15) is 0 Å². The van der Waals surface area contributed by atoms with Gasteiger partial charge in [-0.3, -0.25) is 0 Å². The van der Waals surface area contributed by atoms with Crippen molar-refractivity contribution in [3.05, 3.63) is 35.6 Å². The molecule has 2 heteroatoms. The van der Waals surface area contributed by atoms with E-state index in [0.29, 0.717) is 12.0 Å². The highest BCUT2D eigenvalue weighted by molar-refractivity contribution is 5.19. The Hall–Kier alpha value is -0.890. The van der Waals surface area contributed by atoms with Gasteiger partial charge >= 0.3 is 0 Å². The van der Waals surface area contributed by atoms with Crippen molar-refractivity contribution < 1.29 is 4.39 Å². The van der Waals surface area contributed by atoms with E-state index in [9.17, 15) is 4.39 Å². The summed E-state index contributed by atoms with van der Waals surface area (Å²) in [5, 5.41) is 3.49. The number of nitrogens with one attached hydrogen (secondary N) is 1. The molecule has 0 aromatic heterocycles. The minimum absolute atomic E-state index is 0.164. The van der Waals surface area contributed by atoms with Crippen LogP contribution in [0, 0.1) is 11.7 Å². The van der Waals surface area contributed by atoms with Crippen molar-refractivity contribution in [2.24, 2.45) is 5.92 Å². The van der Waals surface area contributed by atoms with Gasteiger partial charge in [-0.1, -0.05) is 26.0 Å². The third kappa shape index (κ3) is 4.31. The second-order valence-corrected chi connectivity index (χ2v) is 4.97. The van der Waals surface area contributed by atoms with Gasteiger partial charge in [-0.05, 0) is 43.9 Å². The minimum Gasteiger partial charge on any atom is -0.308 e. The van der Waals surface area contributed by atoms with Crippen LogP contribution in [-0.2, 0) is 0 Å². The van der Waals surface area contributed by atoms with Crippen LogP contribution >= 0.6 is 0 Å². The standard InChI is InChI=1S/C14H22FN/c1-10(2)8-11(3)16-12(4)13-6-5-7-14(15)9-13/h5-7,9-12,16H,8H2,1-4H3/t11?,12-/m1/s1. The van der Waals surface area contributed by atoms with Crippen molar-refractivity contribution in [3.63, 3.8) is 0 Å². The van der Waals surface area contributed by atoms with Crippen LogP contribution in [0.15, 0.2) is 24.3 Å². The number of hydrogen-bond donors (Lipinski definition) is 1. The Morgan fingerprint density at radius 2 is 1.88 bits per heavy atom. The molecule has 1 N–H and O–H groups in total. The zero-order valence-corrected chi connectivity index (χ0v) is 10.6. The lowest BCUT2D eigenvalue weighted by Gasteiger charge is -2.21. The fourth-order valence-corrected chi connectivity index (χ4v) is 2.07. The van der Waals surface area contributed by atoms with Crippen LogP contribution in [0.4, 0.5) is 4.39 Å². The van der Waals surface area contributed by atoms with E-state index < -0.39 is 0 Å². The van der Waals surface area contributed by atoms with Gasteiger partial charge < -0.3 is 5.32 Å². The Labute approximate surface area is 98.1 Å². The van der Waals surface area contributed by atoms with Crippen molar-refractivity contribution in [2.45, 2.75) is 46.2 Å². The fraction of sp³-hybridized carbons (Fsp3) is 0.571. The molecule has 1 unspecified atom stereocenters.